The first-order valence-corrected chi connectivity index (χ1v) is 4.97. The van der Waals surface area contributed by atoms with Crippen LogP contribution in [0.3, 0.4) is 0 Å². The first-order chi connectivity index (χ1) is 7.06. The molecule has 0 aliphatic carbocycles. The number of hydrogen-bond donors (Lipinski definition) is 2. The van der Waals surface area contributed by atoms with Crippen molar-refractivity contribution in [3.05, 3.63) is 0 Å². The van der Waals surface area contributed by atoms with Gasteiger partial charge < -0.3 is 15.6 Å². The van der Waals surface area contributed by atoms with E-state index in [4.69, 9.17) is 15.6 Å². The first-order valence-electron chi connectivity index (χ1n) is 4.09. The minimum absolute atomic E-state index is 0.104. The molecule has 1 rings (SSSR count). The summed E-state index contributed by atoms with van der Waals surface area (Å²) in [6.07, 6.45) is 0. The van der Waals surface area contributed by atoms with Crippen molar-refractivity contribution in [3.8, 4) is 0 Å². The Labute approximate surface area is 90.6 Å². The van der Waals surface area contributed by atoms with Crippen LogP contribution >= 0.6 is 11.8 Å². The van der Waals surface area contributed by atoms with Gasteiger partial charge in [-0.3, -0.25) is 9.36 Å². The lowest BCUT2D eigenvalue weighted by molar-refractivity contribution is -0.137. The summed E-state index contributed by atoms with van der Waals surface area (Å²) in [5, 5.41) is 16.0. The topological polar surface area (TPSA) is 103 Å². The normalized spacial score (nSPS) is 12.7. The SMILES string of the molecule is COCC(Sc1nnc(N)n1C)C(=O)O. The molecule has 1 atom stereocenters. The number of rotatable bonds is 5. The summed E-state index contributed by atoms with van der Waals surface area (Å²) in [5.41, 5.74) is 5.46. The molecule has 0 saturated heterocycles. The summed E-state index contributed by atoms with van der Waals surface area (Å²) in [7, 11) is 3.12. The van der Waals surface area contributed by atoms with E-state index in [2.05, 4.69) is 10.2 Å². The lowest BCUT2D eigenvalue weighted by Gasteiger charge is -2.09. The molecular weight excluding hydrogens is 220 g/mol. The molecule has 1 aromatic rings. The molecule has 1 unspecified atom stereocenters. The predicted molar refractivity (Wildman–Crippen MR) is 54.6 cm³/mol. The minimum atomic E-state index is -0.955. The Morgan fingerprint density at radius 3 is 2.80 bits per heavy atom. The summed E-state index contributed by atoms with van der Waals surface area (Å²) in [5.74, 6) is -0.706. The van der Waals surface area contributed by atoms with Crippen molar-refractivity contribution in [1.82, 2.24) is 14.8 Å². The van der Waals surface area contributed by atoms with Crippen molar-refractivity contribution in [1.29, 1.82) is 0 Å². The molecular formula is C7H12N4O3S. The van der Waals surface area contributed by atoms with Gasteiger partial charge in [0, 0.05) is 14.2 Å². The number of nitrogen functional groups attached to an aromatic ring is 1. The predicted octanol–water partition coefficient (Wildman–Crippen LogP) is -0.411. The van der Waals surface area contributed by atoms with E-state index in [1.54, 1.807) is 7.05 Å². The fourth-order valence-electron chi connectivity index (χ4n) is 0.863. The maximum atomic E-state index is 10.8. The number of methoxy groups -OCH3 is 1. The molecule has 1 heterocycles. The number of anilines is 1. The number of nitrogens with zero attached hydrogens (tertiary/aromatic N) is 3. The zero-order valence-electron chi connectivity index (χ0n) is 8.38. The Kier molecular flexibility index (Phi) is 3.92. The third kappa shape index (κ3) is 2.83. The number of carboxylic acid groups (broad SMARTS) is 1. The number of nitrogens with two attached hydrogens (primary N) is 1. The van der Waals surface area contributed by atoms with Gasteiger partial charge in [0.1, 0.15) is 5.25 Å². The number of ether oxygens (including phenoxy) is 1. The minimum Gasteiger partial charge on any atom is -0.480 e. The van der Waals surface area contributed by atoms with E-state index in [1.807, 2.05) is 0 Å². The highest BCUT2D eigenvalue weighted by Gasteiger charge is 2.21. The Morgan fingerprint density at radius 2 is 2.40 bits per heavy atom. The Morgan fingerprint density at radius 1 is 1.73 bits per heavy atom. The van der Waals surface area contributed by atoms with Gasteiger partial charge >= 0.3 is 5.97 Å². The van der Waals surface area contributed by atoms with Crippen LogP contribution in [0.4, 0.5) is 5.95 Å². The summed E-state index contributed by atoms with van der Waals surface area (Å²) in [6.45, 7) is 0.104. The molecule has 0 fully saturated rings. The molecule has 0 aromatic carbocycles. The van der Waals surface area contributed by atoms with Gasteiger partial charge in [-0.25, -0.2) is 0 Å². The van der Waals surface area contributed by atoms with Crippen LogP contribution in [0.1, 0.15) is 0 Å². The maximum absolute atomic E-state index is 10.8. The second-order valence-electron chi connectivity index (χ2n) is 2.80. The van der Waals surface area contributed by atoms with Crippen LogP contribution in [0.2, 0.25) is 0 Å². The van der Waals surface area contributed by atoms with Gasteiger partial charge in [-0.2, -0.15) is 0 Å². The van der Waals surface area contributed by atoms with Gasteiger partial charge in [-0.15, -0.1) is 10.2 Å². The fourth-order valence-corrected chi connectivity index (χ4v) is 1.76. The third-order valence-electron chi connectivity index (χ3n) is 1.71. The van der Waals surface area contributed by atoms with Crippen molar-refractivity contribution in [2.24, 2.45) is 7.05 Å². The van der Waals surface area contributed by atoms with Gasteiger partial charge in [-0.05, 0) is 0 Å². The zero-order valence-corrected chi connectivity index (χ0v) is 9.19. The van der Waals surface area contributed by atoms with Crippen LogP contribution in [0.15, 0.2) is 5.16 Å². The lowest BCUT2D eigenvalue weighted by Crippen LogP contribution is -2.22. The number of hydrogen-bond acceptors (Lipinski definition) is 6. The highest BCUT2D eigenvalue weighted by atomic mass is 32.2. The van der Waals surface area contributed by atoms with Gasteiger partial charge in [0.25, 0.3) is 0 Å². The van der Waals surface area contributed by atoms with Crippen LogP contribution in [-0.2, 0) is 16.6 Å². The van der Waals surface area contributed by atoms with E-state index >= 15 is 0 Å². The van der Waals surface area contributed by atoms with Crippen LogP contribution in [0.25, 0.3) is 0 Å². The van der Waals surface area contributed by atoms with E-state index in [-0.39, 0.29) is 12.6 Å². The molecule has 0 amide bonds. The summed E-state index contributed by atoms with van der Waals surface area (Å²) >= 11 is 1.05. The molecule has 1 aromatic heterocycles. The van der Waals surface area contributed by atoms with E-state index in [0.29, 0.717) is 5.16 Å². The van der Waals surface area contributed by atoms with Gasteiger partial charge in [0.05, 0.1) is 6.61 Å². The highest BCUT2D eigenvalue weighted by molar-refractivity contribution is 8.00. The Balaban J connectivity index is 2.74. The molecule has 0 spiro atoms. The summed E-state index contributed by atoms with van der Waals surface area (Å²) in [6, 6.07) is 0. The van der Waals surface area contributed by atoms with Gasteiger partial charge in [0.15, 0.2) is 5.16 Å². The molecule has 0 saturated carbocycles. The number of thioether (sulfide) groups is 1. The quantitative estimate of drug-likeness (QED) is 0.665. The number of carbonyl (C=O) groups is 1. The molecule has 84 valence electrons. The molecule has 7 nitrogen and oxygen atoms in total. The van der Waals surface area contributed by atoms with Crippen molar-refractivity contribution in [2.75, 3.05) is 19.5 Å². The van der Waals surface area contributed by atoms with Crippen LogP contribution < -0.4 is 5.73 Å². The lowest BCUT2D eigenvalue weighted by atomic mass is 10.5. The van der Waals surface area contributed by atoms with E-state index < -0.39 is 11.2 Å². The molecule has 0 radical (unpaired) electrons. The summed E-state index contributed by atoms with van der Waals surface area (Å²) < 4.78 is 6.32. The van der Waals surface area contributed by atoms with E-state index in [1.165, 1.54) is 11.7 Å². The first kappa shape index (κ1) is 11.8. The monoisotopic (exact) mass is 232 g/mol. The van der Waals surface area contributed by atoms with Gasteiger partial charge in [-0.1, -0.05) is 11.8 Å². The average molecular weight is 232 g/mol. The number of carboxylic acids is 1. The largest absolute Gasteiger partial charge is 0.480 e. The number of aromatic nitrogens is 3. The second-order valence-corrected chi connectivity index (χ2v) is 3.97. The Bertz CT molecular complexity index is 354. The van der Waals surface area contributed by atoms with Crippen LogP contribution in [0.5, 0.6) is 0 Å². The van der Waals surface area contributed by atoms with E-state index in [9.17, 15) is 4.79 Å². The molecule has 0 bridgehead atoms. The molecule has 3 N–H and O–H groups in total. The van der Waals surface area contributed by atoms with Crippen LogP contribution in [0, 0.1) is 0 Å². The maximum Gasteiger partial charge on any atom is 0.319 e. The van der Waals surface area contributed by atoms with Gasteiger partial charge in [0.2, 0.25) is 5.95 Å². The molecule has 8 heteroatoms. The Hall–Kier alpha value is -1.28. The van der Waals surface area contributed by atoms with E-state index in [0.717, 1.165) is 11.8 Å². The third-order valence-corrected chi connectivity index (χ3v) is 2.90. The smallest absolute Gasteiger partial charge is 0.319 e. The highest BCUT2D eigenvalue weighted by Crippen LogP contribution is 2.22. The van der Waals surface area contributed by atoms with Crippen molar-refractivity contribution < 1.29 is 14.6 Å². The van der Waals surface area contributed by atoms with Crippen molar-refractivity contribution >= 4 is 23.7 Å². The van der Waals surface area contributed by atoms with Crippen molar-refractivity contribution in [3.63, 3.8) is 0 Å². The second kappa shape index (κ2) is 4.99. The van der Waals surface area contributed by atoms with Crippen molar-refractivity contribution in [2.45, 2.75) is 10.4 Å². The van der Waals surface area contributed by atoms with Crippen LogP contribution in [-0.4, -0.2) is 44.8 Å². The summed E-state index contributed by atoms with van der Waals surface area (Å²) in [4.78, 5) is 10.8. The fraction of sp³-hybridized carbons (Fsp3) is 0.571. The molecule has 15 heavy (non-hydrogen) atoms. The number of aliphatic carboxylic acids is 1. The molecule has 0 aliphatic heterocycles. The molecule has 0 aliphatic rings. The zero-order chi connectivity index (χ0) is 11.4. The standard InChI is InChI=1S/C7H12N4O3S/c1-11-6(8)9-10-7(11)15-4(3-14-2)5(12)13/h4H,3H2,1-2H3,(H2,8,9)(H,12,13). The average Bonchev–Trinajstić information content (AvgIpc) is 2.48.